The molecule has 0 radical (unpaired) electrons. The molecule has 0 spiro atoms. The smallest absolute Gasteiger partial charge is 0.422 e. The minimum atomic E-state index is -4.59. The van der Waals surface area contributed by atoms with Gasteiger partial charge in [-0.15, -0.1) is 0 Å². The molecule has 2 aromatic carbocycles. The molecule has 0 aliphatic carbocycles. The summed E-state index contributed by atoms with van der Waals surface area (Å²) < 4.78 is 81.7. The average molecular weight is 394 g/mol. The van der Waals surface area contributed by atoms with Crippen molar-refractivity contribution in [3.8, 4) is 11.5 Å². The minimum absolute atomic E-state index is 0.0963. The quantitative estimate of drug-likeness (QED) is 0.775. The first-order chi connectivity index (χ1) is 12.0. The van der Waals surface area contributed by atoms with Crippen LogP contribution in [0.3, 0.4) is 0 Å². The number of phenolic OH excluding ortho intramolecular Hbond substituents is 1. The molecule has 0 unspecified atom stereocenters. The molecule has 26 heavy (non-hydrogen) atoms. The molecule has 2 N–H and O–H groups in total. The third-order valence-corrected chi connectivity index (χ3v) is 4.85. The lowest BCUT2D eigenvalue weighted by Gasteiger charge is -2.18. The zero-order chi connectivity index (χ0) is 19.3. The number of ether oxygens (including phenoxy) is 1. The van der Waals surface area contributed by atoms with Gasteiger partial charge < -0.3 is 9.84 Å². The fourth-order valence-corrected chi connectivity index (χ4v) is 3.61. The van der Waals surface area contributed by atoms with Crippen LogP contribution in [0.25, 0.3) is 10.8 Å². The van der Waals surface area contributed by atoms with Gasteiger partial charge in [-0.3, -0.25) is 4.79 Å². The molecule has 1 fully saturated rings. The van der Waals surface area contributed by atoms with Crippen molar-refractivity contribution >= 4 is 32.6 Å². The highest BCUT2D eigenvalue weighted by molar-refractivity contribution is 7.92. The number of carbonyl (C=O) groups excluding carboxylic acids is 1. The molecule has 0 aromatic heterocycles. The Labute approximate surface area is 144 Å². The van der Waals surface area contributed by atoms with E-state index in [1.807, 2.05) is 0 Å². The monoisotopic (exact) mass is 394 g/mol. The van der Waals surface area contributed by atoms with E-state index >= 15 is 0 Å². The van der Waals surface area contributed by atoms with Crippen LogP contribution < -0.4 is 13.8 Å². The summed E-state index contributed by atoms with van der Waals surface area (Å²) in [6, 6.07) is 4.32. The highest BCUT2D eigenvalue weighted by Gasteiger charge is 2.38. The largest absolute Gasteiger partial charge is 0.506 e. The highest BCUT2D eigenvalue weighted by Crippen LogP contribution is 2.39. The van der Waals surface area contributed by atoms with E-state index in [1.54, 1.807) is 4.72 Å². The summed E-state index contributed by atoms with van der Waals surface area (Å²) >= 11 is 0. The summed E-state index contributed by atoms with van der Waals surface area (Å²) in [6.07, 6.45) is -4.59. The molecule has 12 heteroatoms. The van der Waals surface area contributed by atoms with Crippen molar-refractivity contribution in [3.05, 3.63) is 30.1 Å². The predicted molar refractivity (Wildman–Crippen MR) is 81.5 cm³/mol. The number of amides is 1. The lowest BCUT2D eigenvalue weighted by molar-refractivity contribution is -0.153. The third-order valence-electron chi connectivity index (χ3n) is 3.48. The number of phenols is 1. The zero-order valence-corrected chi connectivity index (χ0v) is 13.5. The van der Waals surface area contributed by atoms with Gasteiger partial charge in [-0.05, 0) is 23.6 Å². The molecule has 1 heterocycles. The van der Waals surface area contributed by atoms with Crippen LogP contribution in [0, 0.1) is 5.82 Å². The maximum Gasteiger partial charge on any atom is 0.422 e. The first-order valence-corrected chi connectivity index (χ1v) is 8.40. The molecule has 1 aliphatic rings. The standard InChI is InChI=1S/C14H10F4N2O5S/c15-12-9-4-8(25-6-14(16,17)18)2-1-7(9)3-10(21)13(12)20-5-11(22)19-26(20,23)24/h1-4,21H,5-6H2,(H,19,22). The summed E-state index contributed by atoms with van der Waals surface area (Å²) in [5, 5.41) is 9.79. The summed E-state index contributed by atoms with van der Waals surface area (Å²) in [6.45, 7) is -2.34. The van der Waals surface area contributed by atoms with Gasteiger partial charge in [-0.1, -0.05) is 6.07 Å². The van der Waals surface area contributed by atoms with Crippen molar-refractivity contribution < 1.29 is 40.6 Å². The van der Waals surface area contributed by atoms with Crippen molar-refractivity contribution in [2.24, 2.45) is 0 Å². The molecular formula is C14H10F4N2O5S. The van der Waals surface area contributed by atoms with E-state index in [-0.39, 0.29) is 16.5 Å². The van der Waals surface area contributed by atoms with Crippen LogP contribution in [0.15, 0.2) is 24.3 Å². The Morgan fingerprint density at radius 2 is 1.96 bits per heavy atom. The summed E-state index contributed by atoms with van der Waals surface area (Å²) in [5.74, 6) is -3.20. The zero-order valence-electron chi connectivity index (χ0n) is 12.7. The lowest BCUT2D eigenvalue weighted by Crippen LogP contribution is -2.30. The number of alkyl halides is 3. The topological polar surface area (TPSA) is 95.9 Å². The molecule has 0 saturated carbocycles. The van der Waals surface area contributed by atoms with E-state index in [0.717, 1.165) is 18.2 Å². The molecule has 3 rings (SSSR count). The van der Waals surface area contributed by atoms with Gasteiger partial charge in [0.05, 0.1) is 0 Å². The Morgan fingerprint density at radius 3 is 2.54 bits per heavy atom. The Morgan fingerprint density at radius 1 is 1.27 bits per heavy atom. The summed E-state index contributed by atoms with van der Waals surface area (Å²) in [7, 11) is -4.39. The maximum atomic E-state index is 14.8. The van der Waals surface area contributed by atoms with Gasteiger partial charge in [-0.25, -0.2) is 13.4 Å². The molecule has 1 saturated heterocycles. The Bertz CT molecular complexity index is 1010. The molecule has 0 atom stereocenters. The van der Waals surface area contributed by atoms with E-state index in [9.17, 15) is 35.9 Å². The fraction of sp³-hybridized carbons (Fsp3) is 0.214. The van der Waals surface area contributed by atoms with Gasteiger partial charge in [0.2, 0.25) is 0 Å². The normalized spacial score (nSPS) is 16.8. The second kappa shape index (κ2) is 5.90. The van der Waals surface area contributed by atoms with Crippen molar-refractivity contribution in [1.29, 1.82) is 0 Å². The number of halogens is 4. The molecule has 1 amide bonds. The number of carbonyl (C=O) groups is 1. The maximum absolute atomic E-state index is 14.8. The van der Waals surface area contributed by atoms with E-state index in [1.165, 1.54) is 6.07 Å². The van der Waals surface area contributed by atoms with Crippen LogP contribution in [0.5, 0.6) is 11.5 Å². The Kier molecular flexibility index (Phi) is 4.09. The predicted octanol–water partition coefficient (Wildman–Crippen LogP) is 1.81. The minimum Gasteiger partial charge on any atom is -0.506 e. The van der Waals surface area contributed by atoms with E-state index in [2.05, 4.69) is 4.74 Å². The van der Waals surface area contributed by atoms with Crippen LogP contribution in [0.4, 0.5) is 23.2 Å². The van der Waals surface area contributed by atoms with E-state index in [4.69, 9.17) is 0 Å². The number of fused-ring (bicyclic) bond motifs is 1. The van der Waals surface area contributed by atoms with Gasteiger partial charge >= 0.3 is 16.4 Å². The van der Waals surface area contributed by atoms with Gasteiger partial charge in [0.1, 0.15) is 23.7 Å². The highest BCUT2D eigenvalue weighted by atomic mass is 32.2. The van der Waals surface area contributed by atoms with E-state index in [0.29, 0.717) is 4.31 Å². The summed E-state index contributed by atoms with van der Waals surface area (Å²) in [5.41, 5.74) is -0.788. The van der Waals surface area contributed by atoms with Crippen LogP contribution in [0.2, 0.25) is 0 Å². The molecular weight excluding hydrogens is 384 g/mol. The average Bonchev–Trinajstić information content (AvgIpc) is 2.77. The van der Waals surface area contributed by atoms with Gasteiger partial charge in [-0.2, -0.15) is 21.6 Å². The van der Waals surface area contributed by atoms with Gasteiger partial charge in [0, 0.05) is 5.39 Å². The first kappa shape index (κ1) is 18.0. The van der Waals surface area contributed by atoms with Crippen LogP contribution in [-0.4, -0.2) is 38.8 Å². The van der Waals surface area contributed by atoms with Gasteiger partial charge in [0.15, 0.2) is 12.4 Å². The SMILES string of the molecule is O=C1CN(c2c(O)cc3ccc(OCC(F)(F)F)cc3c2F)S(=O)(=O)N1. The Balaban J connectivity index is 2.09. The Hall–Kier alpha value is -2.76. The van der Waals surface area contributed by atoms with Crippen LogP contribution >= 0.6 is 0 Å². The number of rotatable bonds is 3. The summed E-state index contributed by atoms with van der Waals surface area (Å²) in [4.78, 5) is 11.3. The molecule has 7 nitrogen and oxygen atoms in total. The fourth-order valence-electron chi connectivity index (χ4n) is 2.45. The number of anilines is 1. The number of aromatic hydroxyl groups is 1. The number of hydrogen-bond acceptors (Lipinski definition) is 5. The number of benzene rings is 2. The second-order valence-corrected chi connectivity index (χ2v) is 6.98. The lowest BCUT2D eigenvalue weighted by atomic mass is 10.1. The van der Waals surface area contributed by atoms with E-state index < -0.39 is 52.7 Å². The van der Waals surface area contributed by atoms with Crippen LogP contribution in [-0.2, 0) is 15.0 Å². The molecule has 2 aromatic rings. The van der Waals surface area contributed by atoms with Crippen LogP contribution in [0.1, 0.15) is 0 Å². The third kappa shape index (κ3) is 3.31. The van der Waals surface area contributed by atoms with Crippen molar-refractivity contribution in [2.45, 2.75) is 6.18 Å². The van der Waals surface area contributed by atoms with Crippen molar-refractivity contribution in [3.63, 3.8) is 0 Å². The first-order valence-electron chi connectivity index (χ1n) is 6.96. The number of nitrogens with one attached hydrogen (secondary N) is 1. The molecule has 1 aliphatic heterocycles. The number of nitrogens with zero attached hydrogens (tertiary/aromatic N) is 1. The number of hydrogen-bond donors (Lipinski definition) is 2. The van der Waals surface area contributed by atoms with Gasteiger partial charge in [0.25, 0.3) is 5.91 Å². The molecule has 0 bridgehead atoms. The van der Waals surface area contributed by atoms with Crippen molar-refractivity contribution in [1.82, 2.24) is 4.72 Å². The molecule has 140 valence electrons. The van der Waals surface area contributed by atoms with Crippen molar-refractivity contribution in [2.75, 3.05) is 17.5 Å². The second-order valence-electron chi connectivity index (χ2n) is 5.38.